The Labute approximate surface area is 116 Å². The standard InChI is InChI=1S/C12H17N5O3/c1-2-13-10-7-9(17(19)20)8-11(15-10)16-5-3-12(18)14-4-6-16/h7-8H,2-6H2,1H3,(H,13,15)(H,14,18). The van der Waals surface area contributed by atoms with Crippen LogP contribution in [0.2, 0.25) is 0 Å². The highest BCUT2D eigenvalue weighted by atomic mass is 16.6. The largest absolute Gasteiger partial charge is 0.370 e. The second-order valence-electron chi connectivity index (χ2n) is 4.44. The minimum absolute atomic E-state index is 0.00511. The molecular formula is C12H17N5O3. The number of carbonyl (C=O) groups excluding carboxylic acids is 1. The topological polar surface area (TPSA) is 100 Å². The average molecular weight is 279 g/mol. The first-order chi connectivity index (χ1) is 9.60. The molecule has 2 rings (SSSR count). The summed E-state index contributed by atoms with van der Waals surface area (Å²) in [5.74, 6) is 0.983. The van der Waals surface area contributed by atoms with Crippen molar-refractivity contribution < 1.29 is 9.72 Å². The van der Waals surface area contributed by atoms with Gasteiger partial charge >= 0.3 is 0 Å². The molecule has 108 valence electrons. The average Bonchev–Trinajstić information content (AvgIpc) is 2.63. The Balaban J connectivity index is 2.29. The minimum Gasteiger partial charge on any atom is -0.370 e. The van der Waals surface area contributed by atoms with Crippen LogP contribution in [-0.4, -0.2) is 42.0 Å². The Hall–Kier alpha value is -2.38. The molecule has 2 N–H and O–H groups in total. The first-order valence-electron chi connectivity index (χ1n) is 6.52. The molecule has 0 saturated carbocycles. The molecule has 0 unspecified atom stereocenters. The van der Waals surface area contributed by atoms with Crippen molar-refractivity contribution in [3.63, 3.8) is 0 Å². The molecule has 0 spiro atoms. The Morgan fingerprint density at radius 3 is 3.00 bits per heavy atom. The molecule has 0 aromatic carbocycles. The molecule has 1 aromatic rings. The summed E-state index contributed by atoms with van der Waals surface area (Å²) < 4.78 is 0. The molecule has 0 atom stereocenters. The zero-order valence-electron chi connectivity index (χ0n) is 11.3. The molecule has 1 saturated heterocycles. The van der Waals surface area contributed by atoms with Gasteiger partial charge in [-0.1, -0.05) is 0 Å². The molecule has 1 amide bonds. The lowest BCUT2D eigenvalue weighted by atomic mass is 10.3. The van der Waals surface area contributed by atoms with Gasteiger partial charge in [-0.05, 0) is 6.92 Å². The number of hydrogen-bond acceptors (Lipinski definition) is 6. The van der Waals surface area contributed by atoms with Crippen LogP contribution in [0.5, 0.6) is 0 Å². The van der Waals surface area contributed by atoms with Crippen molar-refractivity contribution in [1.29, 1.82) is 0 Å². The van der Waals surface area contributed by atoms with Crippen LogP contribution in [0.3, 0.4) is 0 Å². The zero-order chi connectivity index (χ0) is 14.5. The summed E-state index contributed by atoms with van der Waals surface area (Å²) in [4.78, 5) is 28.1. The highest BCUT2D eigenvalue weighted by Gasteiger charge is 2.18. The van der Waals surface area contributed by atoms with Gasteiger partial charge in [-0.2, -0.15) is 0 Å². The Morgan fingerprint density at radius 1 is 1.50 bits per heavy atom. The van der Waals surface area contributed by atoms with Crippen LogP contribution in [0.15, 0.2) is 12.1 Å². The summed E-state index contributed by atoms with van der Waals surface area (Å²) in [5.41, 5.74) is -0.00511. The number of amides is 1. The predicted molar refractivity (Wildman–Crippen MR) is 74.9 cm³/mol. The van der Waals surface area contributed by atoms with Crippen LogP contribution < -0.4 is 15.5 Å². The molecule has 1 aromatic heterocycles. The van der Waals surface area contributed by atoms with Gasteiger partial charge in [0.15, 0.2) is 0 Å². The van der Waals surface area contributed by atoms with Gasteiger partial charge in [-0.3, -0.25) is 14.9 Å². The number of rotatable bonds is 4. The van der Waals surface area contributed by atoms with Crippen molar-refractivity contribution >= 4 is 23.2 Å². The maximum absolute atomic E-state index is 11.3. The second kappa shape index (κ2) is 6.18. The van der Waals surface area contributed by atoms with E-state index in [1.807, 2.05) is 11.8 Å². The molecule has 0 aliphatic carbocycles. The van der Waals surface area contributed by atoms with Crippen molar-refractivity contribution in [2.45, 2.75) is 13.3 Å². The molecule has 1 aliphatic heterocycles. The van der Waals surface area contributed by atoms with E-state index in [9.17, 15) is 14.9 Å². The van der Waals surface area contributed by atoms with E-state index in [4.69, 9.17) is 0 Å². The first-order valence-corrected chi connectivity index (χ1v) is 6.52. The van der Waals surface area contributed by atoms with E-state index < -0.39 is 4.92 Å². The lowest BCUT2D eigenvalue weighted by Gasteiger charge is -2.21. The molecular weight excluding hydrogens is 262 g/mol. The van der Waals surface area contributed by atoms with Gasteiger partial charge in [-0.25, -0.2) is 4.98 Å². The zero-order valence-corrected chi connectivity index (χ0v) is 11.3. The molecule has 0 bridgehead atoms. The van der Waals surface area contributed by atoms with E-state index in [0.29, 0.717) is 44.2 Å². The summed E-state index contributed by atoms with van der Waals surface area (Å²) in [6, 6.07) is 2.85. The lowest BCUT2D eigenvalue weighted by Crippen LogP contribution is -2.29. The van der Waals surface area contributed by atoms with Crippen LogP contribution in [-0.2, 0) is 4.79 Å². The quantitative estimate of drug-likeness (QED) is 0.623. The normalized spacial score (nSPS) is 15.4. The van der Waals surface area contributed by atoms with Gasteiger partial charge in [-0.15, -0.1) is 0 Å². The molecule has 1 aliphatic rings. The number of nitro groups is 1. The van der Waals surface area contributed by atoms with E-state index in [0.717, 1.165) is 0 Å². The fraction of sp³-hybridized carbons (Fsp3) is 0.500. The SMILES string of the molecule is CCNc1cc([N+](=O)[O-])cc(N2CCNC(=O)CC2)n1. The second-order valence-corrected chi connectivity index (χ2v) is 4.44. The molecule has 0 radical (unpaired) electrons. The van der Waals surface area contributed by atoms with E-state index in [-0.39, 0.29) is 11.6 Å². The Kier molecular flexibility index (Phi) is 4.34. The number of pyridine rings is 1. The van der Waals surface area contributed by atoms with Crippen molar-refractivity contribution in [2.24, 2.45) is 0 Å². The van der Waals surface area contributed by atoms with Crippen molar-refractivity contribution in [3.8, 4) is 0 Å². The molecule has 8 heteroatoms. The van der Waals surface area contributed by atoms with Crippen molar-refractivity contribution in [3.05, 3.63) is 22.2 Å². The summed E-state index contributed by atoms with van der Waals surface area (Å²) >= 11 is 0. The Bertz CT molecular complexity index is 520. The monoisotopic (exact) mass is 279 g/mol. The van der Waals surface area contributed by atoms with E-state index >= 15 is 0 Å². The predicted octanol–water partition coefficient (Wildman–Crippen LogP) is 0.748. The highest BCUT2D eigenvalue weighted by molar-refractivity contribution is 5.77. The maximum Gasteiger partial charge on any atom is 0.276 e. The third-order valence-electron chi connectivity index (χ3n) is 3.00. The Morgan fingerprint density at radius 2 is 2.30 bits per heavy atom. The van der Waals surface area contributed by atoms with Crippen LogP contribution in [0, 0.1) is 10.1 Å². The third-order valence-corrected chi connectivity index (χ3v) is 3.00. The van der Waals surface area contributed by atoms with Crippen LogP contribution in [0.1, 0.15) is 13.3 Å². The summed E-state index contributed by atoms with van der Waals surface area (Å²) in [6.45, 7) is 4.14. The van der Waals surface area contributed by atoms with E-state index in [1.54, 1.807) is 0 Å². The number of anilines is 2. The lowest BCUT2D eigenvalue weighted by molar-refractivity contribution is -0.384. The highest BCUT2D eigenvalue weighted by Crippen LogP contribution is 2.23. The van der Waals surface area contributed by atoms with Gasteiger partial charge in [0.25, 0.3) is 5.69 Å². The van der Waals surface area contributed by atoms with Crippen molar-refractivity contribution in [1.82, 2.24) is 10.3 Å². The fourth-order valence-electron chi connectivity index (χ4n) is 2.04. The number of nitrogens with one attached hydrogen (secondary N) is 2. The van der Waals surface area contributed by atoms with Gasteiger partial charge in [0, 0.05) is 32.6 Å². The van der Waals surface area contributed by atoms with Crippen LogP contribution in [0.4, 0.5) is 17.3 Å². The van der Waals surface area contributed by atoms with Gasteiger partial charge < -0.3 is 15.5 Å². The van der Waals surface area contributed by atoms with Gasteiger partial charge in [0.1, 0.15) is 11.6 Å². The van der Waals surface area contributed by atoms with E-state index in [1.165, 1.54) is 12.1 Å². The summed E-state index contributed by atoms with van der Waals surface area (Å²) in [7, 11) is 0. The molecule has 2 heterocycles. The molecule has 1 fully saturated rings. The fourth-order valence-corrected chi connectivity index (χ4v) is 2.04. The smallest absolute Gasteiger partial charge is 0.276 e. The first kappa shape index (κ1) is 14.0. The summed E-state index contributed by atoms with van der Waals surface area (Å²) in [6.07, 6.45) is 0.362. The molecule has 8 nitrogen and oxygen atoms in total. The number of hydrogen-bond donors (Lipinski definition) is 2. The minimum atomic E-state index is -0.437. The number of carbonyl (C=O) groups is 1. The van der Waals surface area contributed by atoms with Crippen molar-refractivity contribution in [2.75, 3.05) is 36.4 Å². The third kappa shape index (κ3) is 3.34. The van der Waals surface area contributed by atoms with E-state index in [2.05, 4.69) is 15.6 Å². The number of aromatic nitrogens is 1. The summed E-state index contributed by atoms with van der Waals surface area (Å²) in [5, 5.41) is 16.7. The van der Waals surface area contributed by atoms with Crippen LogP contribution in [0.25, 0.3) is 0 Å². The van der Waals surface area contributed by atoms with Gasteiger partial charge in [0.2, 0.25) is 5.91 Å². The number of nitrogens with zero attached hydrogens (tertiary/aromatic N) is 3. The van der Waals surface area contributed by atoms with Crippen LogP contribution >= 0.6 is 0 Å². The van der Waals surface area contributed by atoms with Gasteiger partial charge in [0.05, 0.1) is 17.1 Å². The molecule has 20 heavy (non-hydrogen) atoms. The maximum atomic E-state index is 11.3.